The van der Waals surface area contributed by atoms with E-state index in [0.717, 1.165) is 11.3 Å². The molecule has 1 saturated heterocycles. The topological polar surface area (TPSA) is 144 Å². The average Bonchev–Trinajstić information content (AvgIpc) is 3.38. The van der Waals surface area contributed by atoms with E-state index >= 15 is 0 Å². The number of hydrogen-bond donors (Lipinski definition) is 2. The number of ether oxygens (including phenoxy) is 1. The van der Waals surface area contributed by atoms with Crippen LogP contribution in [0, 0.1) is 17.0 Å². The summed E-state index contributed by atoms with van der Waals surface area (Å²) in [5.74, 6) is 2.23. The Morgan fingerprint density at radius 3 is 2.57 bits per heavy atom. The molecule has 0 amide bonds. The zero-order valence-electron chi connectivity index (χ0n) is 20.0. The number of aryl methyl sites for hydroxylation is 1. The van der Waals surface area contributed by atoms with Crippen LogP contribution in [0.1, 0.15) is 11.3 Å². The highest BCUT2D eigenvalue weighted by atomic mass is 16.6. The number of hydrogen-bond acceptors (Lipinski definition) is 11. The van der Waals surface area contributed by atoms with Gasteiger partial charge in [-0.3, -0.25) is 10.1 Å². The summed E-state index contributed by atoms with van der Waals surface area (Å²) in [7, 11) is 0. The lowest BCUT2D eigenvalue weighted by atomic mass is 10.1. The number of anilines is 4. The van der Waals surface area contributed by atoms with Crippen LogP contribution in [0.2, 0.25) is 0 Å². The molecule has 0 unspecified atom stereocenters. The molecule has 12 nitrogen and oxygen atoms in total. The number of benzene rings is 2. The SMILES string of the molecule is Cc1cc(-c2ccc(/C=N\Nc3nc(Nc4ccccc4)nc(N4CCOCC4)n3)o2)ccc1[N+](=O)[O-]. The minimum absolute atomic E-state index is 0.0659. The Morgan fingerprint density at radius 2 is 1.81 bits per heavy atom. The van der Waals surface area contributed by atoms with Gasteiger partial charge in [0.05, 0.1) is 24.4 Å². The van der Waals surface area contributed by atoms with Gasteiger partial charge >= 0.3 is 0 Å². The minimum Gasteiger partial charge on any atom is -0.455 e. The molecule has 0 aliphatic carbocycles. The molecule has 188 valence electrons. The molecule has 2 aromatic carbocycles. The van der Waals surface area contributed by atoms with E-state index in [2.05, 4.69) is 30.8 Å². The van der Waals surface area contributed by atoms with Crippen LogP contribution in [-0.4, -0.2) is 52.4 Å². The lowest BCUT2D eigenvalue weighted by Crippen LogP contribution is -2.37. The van der Waals surface area contributed by atoms with Crippen molar-refractivity contribution < 1.29 is 14.1 Å². The first-order valence-corrected chi connectivity index (χ1v) is 11.6. The average molecular weight is 501 g/mol. The first-order valence-electron chi connectivity index (χ1n) is 11.6. The molecule has 5 rings (SSSR count). The lowest BCUT2D eigenvalue weighted by molar-refractivity contribution is -0.385. The third-order valence-electron chi connectivity index (χ3n) is 5.61. The maximum Gasteiger partial charge on any atom is 0.272 e. The summed E-state index contributed by atoms with van der Waals surface area (Å²) in [5, 5.41) is 18.5. The summed E-state index contributed by atoms with van der Waals surface area (Å²) in [4.78, 5) is 26.2. The molecule has 2 aromatic heterocycles. The molecule has 2 N–H and O–H groups in total. The minimum atomic E-state index is -0.405. The smallest absolute Gasteiger partial charge is 0.272 e. The zero-order valence-corrected chi connectivity index (χ0v) is 20.0. The fourth-order valence-electron chi connectivity index (χ4n) is 3.77. The molecule has 0 spiro atoms. The van der Waals surface area contributed by atoms with Crippen molar-refractivity contribution >= 4 is 35.4 Å². The van der Waals surface area contributed by atoms with Gasteiger partial charge in [0.25, 0.3) is 5.69 Å². The molecule has 3 heterocycles. The second kappa shape index (κ2) is 10.8. The first-order chi connectivity index (χ1) is 18.0. The van der Waals surface area contributed by atoms with Crippen molar-refractivity contribution in [1.82, 2.24) is 15.0 Å². The maximum absolute atomic E-state index is 11.1. The van der Waals surface area contributed by atoms with Crippen molar-refractivity contribution in [3.8, 4) is 11.3 Å². The quantitative estimate of drug-likeness (QED) is 0.203. The molecule has 0 bridgehead atoms. The standard InChI is InChI=1S/C25H24N8O4/c1-17-15-18(7-9-21(17)33(34)35)22-10-8-20(37-22)16-26-31-24-28-23(27-19-5-3-2-4-6-19)29-25(30-24)32-11-13-36-14-12-32/h2-10,15-16H,11-14H2,1H3,(H2,27,28,29,30,31)/b26-16-. The molecular weight excluding hydrogens is 476 g/mol. The number of nitrogens with zero attached hydrogens (tertiary/aromatic N) is 6. The number of morpholine rings is 1. The van der Waals surface area contributed by atoms with Gasteiger partial charge in [-0.25, -0.2) is 5.43 Å². The van der Waals surface area contributed by atoms with Crippen molar-refractivity contribution in [1.29, 1.82) is 0 Å². The van der Waals surface area contributed by atoms with Gasteiger partial charge in [0.15, 0.2) is 0 Å². The summed E-state index contributed by atoms with van der Waals surface area (Å²) in [6.45, 7) is 4.24. The first kappa shape index (κ1) is 23.9. The molecule has 0 radical (unpaired) electrons. The Morgan fingerprint density at radius 1 is 1.03 bits per heavy atom. The van der Waals surface area contributed by atoms with Gasteiger partial charge in [-0.1, -0.05) is 18.2 Å². The van der Waals surface area contributed by atoms with Crippen molar-refractivity contribution in [2.24, 2.45) is 5.10 Å². The van der Waals surface area contributed by atoms with E-state index in [0.29, 0.717) is 55.3 Å². The number of nitro benzene ring substituents is 1. The number of hydrazone groups is 1. The van der Waals surface area contributed by atoms with Crippen LogP contribution in [0.25, 0.3) is 11.3 Å². The number of furan rings is 1. The second-order valence-corrected chi connectivity index (χ2v) is 8.20. The van der Waals surface area contributed by atoms with E-state index < -0.39 is 4.92 Å². The van der Waals surface area contributed by atoms with E-state index in [4.69, 9.17) is 9.15 Å². The van der Waals surface area contributed by atoms with E-state index in [1.165, 1.54) is 12.3 Å². The normalized spacial score (nSPS) is 13.6. The maximum atomic E-state index is 11.1. The Hall–Kier alpha value is -4.84. The van der Waals surface area contributed by atoms with Crippen molar-refractivity contribution in [3.63, 3.8) is 0 Å². The van der Waals surface area contributed by atoms with E-state index in [1.54, 1.807) is 31.2 Å². The van der Waals surface area contributed by atoms with Crippen LogP contribution in [0.3, 0.4) is 0 Å². The van der Waals surface area contributed by atoms with Crippen molar-refractivity contribution in [3.05, 3.63) is 82.1 Å². The van der Waals surface area contributed by atoms with Crippen molar-refractivity contribution in [2.75, 3.05) is 41.9 Å². The van der Waals surface area contributed by atoms with E-state index in [9.17, 15) is 10.1 Å². The van der Waals surface area contributed by atoms with Gasteiger partial charge in [-0.05, 0) is 43.3 Å². The Bertz CT molecular complexity index is 1420. The van der Waals surface area contributed by atoms with E-state index in [-0.39, 0.29) is 11.6 Å². The van der Waals surface area contributed by atoms with Gasteiger partial charge in [-0.15, -0.1) is 0 Å². The summed E-state index contributed by atoms with van der Waals surface area (Å²) in [6.07, 6.45) is 1.50. The highest BCUT2D eigenvalue weighted by molar-refractivity contribution is 5.78. The molecular formula is C25H24N8O4. The van der Waals surface area contributed by atoms with Crippen LogP contribution in [0.15, 0.2) is 70.2 Å². The van der Waals surface area contributed by atoms with E-state index in [1.807, 2.05) is 35.2 Å². The van der Waals surface area contributed by atoms with Crippen LogP contribution < -0.4 is 15.6 Å². The number of aromatic nitrogens is 3. The molecule has 1 aliphatic rings. The third kappa shape index (κ3) is 5.87. The summed E-state index contributed by atoms with van der Waals surface area (Å²) < 4.78 is 11.3. The number of rotatable bonds is 8. The molecule has 1 aliphatic heterocycles. The Labute approximate surface area is 212 Å². The Kier molecular flexibility index (Phi) is 6.99. The largest absolute Gasteiger partial charge is 0.455 e. The zero-order chi connectivity index (χ0) is 25.6. The number of nitrogens with one attached hydrogen (secondary N) is 2. The predicted molar refractivity (Wildman–Crippen MR) is 139 cm³/mol. The van der Waals surface area contributed by atoms with Crippen molar-refractivity contribution in [2.45, 2.75) is 6.92 Å². The van der Waals surface area contributed by atoms with Crippen LogP contribution in [0.5, 0.6) is 0 Å². The number of para-hydroxylation sites is 1. The lowest BCUT2D eigenvalue weighted by Gasteiger charge is -2.27. The molecule has 0 atom stereocenters. The summed E-state index contributed by atoms with van der Waals surface area (Å²) in [5.41, 5.74) is 5.06. The third-order valence-corrected chi connectivity index (χ3v) is 5.61. The van der Waals surface area contributed by atoms with Crippen LogP contribution in [-0.2, 0) is 4.74 Å². The monoisotopic (exact) mass is 500 g/mol. The fourth-order valence-corrected chi connectivity index (χ4v) is 3.77. The fraction of sp³-hybridized carbons (Fsp3) is 0.200. The van der Waals surface area contributed by atoms with Gasteiger partial charge in [-0.2, -0.15) is 20.1 Å². The highest BCUT2D eigenvalue weighted by Gasteiger charge is 2.17. The number of nitro groups is 1. The predicted octanol–water partition coefficient (Wildman–Crippen LogP) is 4.37. The van der Waals surface area contributed by atoms with Gasteiger partial charge in [0.1, 0.15) is 11.5 Å². The van der Waals surface area contributed by atoms with Gasteiger partial charge < -0.3 is 19.4 Å². The summed E-state index contributed by atoms with van der Waals surface area (Å²) >= 11 is 0. The second-order valence-electron chi connectivity index (χ2n) is 8.20. The summed E-state index contributed by atoms with van der Waals surface area (Å²) in [6, 6.07) is 18.0. The molecule has 1 fully saturated rings. The van der Waals surface area contributed by atoms with Gasteiger partial charge in [0.2, 0.25) is 17.8 Å². The van der Waals surface area contributed by atoms with Gasteiger partial charge in [0, 0.05) is 36.0 Å². The molecule has 4 aromatic rings. The molecule has 0 saturated carbocycles. The molecule has 12 heteroatoms. The molecule has 37 heavy (non-hydrogen) atoms. The highest BCUT2D eigenvalue weighted by Crippen LogP contribution is 2.27. The van der Waals surface area contributed by atoms with Crippen LogP contribution in [0.4, 0.5) is 29.2 Å². The Balaban J connectivity index is 1.32. The van der Waals surface area contributed by atoms with Crippen LogP contribution >= 0.6 is 0 Å².